The van der Waals surface area contributed by atoms with Crippen molar-refractivity contribution in [2.24, 2.45) is 7.05 Å². The molecule has 1 unspecified atom stereocenters. The van der Waals surface area contributed by atoms with E-state index in [2.05, 4.69) is 10.4 Å². The van der Waals surface area contributed by atoms with Crippen LogP contribution in [-0.2, 0) is 22.9 Å². The number of nitrogens with zero attached hydrogens (tertiary/aromatic N) is 2. The van der Waals surface area contributed by atoms with E-state index in [1.807, 2.05) is 31.8 Å². The molecule has 2 heterocycles. The molecule has 1 aliphatic carbocycles. The highest BCUT2D eigenvalue weighted by molar-refractivity contribution is 5.24. The van der Waals surface area contributed by atoms with Crippen molar-refractivity contribution in [3.63, 3.8) is 0 Å². The lowest BCUT2D eigenvalue weighted by Crippen LogP contribution is -2.49. The highest BCUT2D eigenvalue weighted by Crippen LogP contribution is 2.30. The Morgan fingerprint density at radius 3 is 2.84 bits per heavy atom. The fraction of sp³-hybridized carbons (Fsp3) is 0.786. The quantitative estimate of drug-likeness (QED) is 0.881. The summed E-state index contributed by atoms with van der Waals surface area (Å²) in [4.78, 5) is 0. The van der Waals surface area contributed by atoms with Gasteiger partial charge in [-0.05, 0) is 33.1 Å². The number of nitrogens with one attached hydrogen (secondary N) is 1. The monoisotopic (exact) mass is 265 g/mol. The number of fused-ring (bicyclic) bond motifs is 1. The molecule has 2 aliphatic rings. The predicted molar refractivity (Wildman–Crippen MR) is 71.8 cm³/mol. The molecular weight excluding hydrogens is 242 g/mol. The van der Waals surface area contributed by atoms with Gasteiger partial charge in [-0.25, -0.2) is 0 Å². The Balaban J connectivity index is 1.65. The molecule has 1 N–H and O–H groups in total. The molecule has 19 heavy (non-hydrogen) atoms. The predicted octanol–water partition coefficient (Wildman–Crippen LogP) is 1.54. The van der Waals surface area contributed by atoms with Gasteiger partial charge in [0.1, 0.15) is 0 Å². The number of hydrogen-bond acceptors (Lipinski definition) is 4. The highest BCUT2D eigenvalue weighted by atomic mass is 16.7. The first-order chi connectivity index (χ1) is 9.05. The van der Waals surface area contributed by atoms with E-state index in [4.69, 9.17) is 9.47 Å². The summed E-state index contributed by atoms with van der Waals surface area (Å²) in [6.45, 7) is 5.34. The maximum Gasteiger partial charge on any atom is 0.162 e. The summed E-state index contributed by atoms with van der Waals surface area (Å²) in [5.74, 6) is -0.440. The average molecular weight is 265 g/mol. The van der Waals surface area contributed by atoms with Crippen LogP contribution in [0.2, 0.25) is 0 Å². The van der Waals surface area contributed by atoms with Crippen LogP contribution in [0.3, 0.4) is 0 Å². The van der Waals surface area contributed by atoms with Crippen molar-refractivity contribution in [2.75, 3.05) is 13.2 Å². The number of aryl methyl sites for hydroxylation is 1. The van der Waals surface area contributed by atoms with Crippen molar-refractivity contribution < 1.29 is 9.47 Å². The third-order valence-electron chi connectivity index (χ3n) is 4.08. The minimum absolute atomic E-state index is 0.268. The van der Waals surface area contributed by atoms with Gasteiger partial charge in [-0.2, -0.15) is 5.10 Å². The highest BCUT2D eigenvalue weighted by Gasteiger charge is 2.31. The SMILES string of the molecule is Cn1ncc2c1CCCC2NC1COC(C)(C)OC1. The Kier molecular flexibility index (Phi) is 3.37. The summed E-state index contributed by atoms with van der Waals surface area (Å²) in [5, 5.41) is 8.04. The lowest BCUT2D eigenvalue weighted by Gasteiger charge is -2.37. The molecule has 1 aliphatic heterocycles. The minimum Gasteiger partial charge on any atom is -0.349 e. The van der Waals surface area contributed by atoms with Crippen LogP contribution in [0, 0.1) is 0 Å². The zero-order valence-corrected chi connectivity index (χ0v) is 12.0. The van der Waals surface area contributed by atoms with E-state index >= 15 is 0 Å². The summed E-state index contributed by atoms with van der Waals surface area (Å²) in [6, 6.07) is 0.653. The lowest BCUT2D eigenvalue weighted by atomic mass is 9.92. The standard InChI is InChI=1S/C14H23N3O2/c1-14(2)18-8-10(9-19-14)16-12-5-4-6-13-11(12)7-15-17(13)3/h7,10,12,16H,4-6,8-9H2,1-3H3. The van der Waals surface area contributed by atoms with Crippen molar-refractivity contribution in [3.05, 3.63) is 17.5 Å². The Morgan fingerprint density at radius 2 is 2.11 bits per heavy atom. The van der Waals surface area contributed by atoms with Crippen LogP contribution >= 0.6 is 0 Å². The smallest absolute Gasteiger partial charge is 0.162 e. The zero-order chi connectivity index (χ0) is 13.5. The molecular formula is C14H23N3O2. The first-order valence-electron chi connectivity index (χ1n) is 7.10. The van der Waals surface area contributed by atoms with Gasteiger partial charge in [0.05, 0.1) is 25.5 Å². The van der Waals surface area contributed by atoms with Crippen LogP contribution in [-0.4, -0.2) is 34.8 Å². The molecule has 5 heteroatoms. The van der Waals surface area contributed by atoms with Gasteiger partial charge in [0.2, 0.25) is 0 Å². The van der Waals surface area contributed by atoms with E-state index in [1.54, 1.807) is 0 Å². The van der Waals surface area contributed by atoms with E-state index in [0.717, 1.165) is 6.42 Å². The number of hydrogen-bond donors (Lipinski definition) is 1. The summed E-state index contributed by atoms with van der Waals surface area (Å²) >= 11 is 0. The summed E-state index contributed by atoms with van der Waals surface area (Å²) < 4.78 is 13.4. The van der Waals surface area contributed by atoms with E-state index in [9.17, 15) is 0 Å². The Hall–Kier alpha value is -0.910. The Bertz CT molecular complexity index is 446. The average Bonchev–Trinajstić information content (AvgIpc) is 2.75. The van der Waals surface area contributed by atoms with Gasteiger partial charge >= 0.3 is 0 Å². The molecule has 106 valence electrons. The van der Waals surface area contributed by atoms with E-state index in [1.165, 1.54) is 24.1 Å². The fourth-order valence-corrected chi connectivity index (χ4v) is 2.95. The second-order valence-electron chi connectivity index (χ2n) is 6.00. The van der Waals surface area contributed by atoms with E-state index < -0.39 is 5.79 Å². The van der Waals surface area contributed by atoms with Gasteiger partial charge in [0.15, 0.2) is 5.79 Å². The maximum atomic E-state index is 5.71. The van der Waals surface area contributed by atoms with Gasteiger partial charge in [-0.15, -0.1) is 0 Å². The zero-order valence-electron chi connectivity index (χ0n) is 12.0. The van der Waals surface area contributed by atoms with Crippen molar-refractivity contribution in [2.45, 2.75) is 51.0 Å². The van der Waals surface area contributed by atoms with Crippen LogP contribution < -0.4 is 5.32 Å². The molecule has 0 radical (unpaired) electrons. The van der Waals surface area contributed by atoms with Gasteiger partial charge in [0, 0.05) is 24.3 Å². The van der Waals surface area contributed by atoms with Crippen LogP contribution in [0.15, 0.2) is 6.20 Å². The van der Waals surface area contributed by atoms with Crippen molar-refractivity contribution in [3.8, 4) is 0 Å². The molecule has 0 spiro atoms. The molecule has 5 nitrogen and oxygen atoms in total. The minimum atomic E-state index is -0.440. The van der Waals surface area contributed by atoms with Crippen LogP contribution in [0.1, 0.15) is 44.0 Å². The second-order valence-corrected chi connectivity index (χ2v) is 6.00. The number of rotatable bonds is 2. The number of aromatic nitrogens is 2. The summed E-state index contributed by atoms with van der Waals surface area (Å²) in [5.41, 5.74) is 2.71. The molecule has 1 fully saturated rings. The molecule has 0 aromatic carbocycles. The first-order valence-corrected chi connectivity index (χ1v) is 7.10. The third kappa shape index (κ3) is 2.68. The van der Waals surface area contributed by atoms with E-state index in [-0.39, 0.29) is 6.04 Å². The number of ether oxygens (including phenoxy) is 2. The first kappa shape index (κ1) is 13.1. The topological polar surface area (TPSA) is 48.3 Å². The van der Waals surface area contributed by atoms with Gasteiger partial charge in [-0.1, -0.05) is 0 Å². The van der Waals surface area contributed by atoms with Crippen molar-refractivity contribution in [1.82, 2.24) is 15.1 Å². The maximum absolute atomic E-state index is 5.71. The van der Waals surface area contributed by atoms with Crippen molar-refractivity contribution >= 4 is 0 Å². The van der Waals surface area contributed by atoms with Gasteiger partial charge in [-0.3, -0.25) is 4.68 Å². The molecule has 1 aromatic heterocycles. The molecule has 0 amide bonds. The van der Waals surface area contributed by atoms with Crippen LogP contribution in [0.4, 0.5) is 0 Å². The second kappa shape index (κ2) is 4.89. The van der Waals surface area contributed by atoms with Crippen molar-refractivity contribution in [1.29, 1.82) is 0 Å². The molecule has 1 aromatic rings. The molecule has 1 atom stereocenters. The van der Waals surface area contributed by atoms with Crippen LogP contribution in [0.5, 0.6) is 0 Å². The largest absolute Gasteiger partial charge is 0.349 e. The molecule has 1 saturated heterocycles. The molecule has 3 rings (SSSR count). The fourth-order valence-electron chi connectivity index (χ4n) is 2.95. The third-order valence-corrected chi connectivity index (χ3v) is 4.08. The van der Waals surface area contributed by atoms with Gasteiger partial charge in [0.25, 0.3) is 0 Å². The molecule has 0 saturated carbocycles. The Labute approximate surface area is 114 Å². The molecule has 0 bridgehead atoms. The Morgan fingerprint density at radius 1 is 1.37 bits per heavy atom. The summed E-state index contributed by atoms with van der Waals surface area (Å²) in [6.07, 6.45) is 5.51. The lowest BCUT2D eigenvalue weighted by molar-refractivity contribution is -0.253. The van der Waals surface area contributed by atoms with E-state index in [0.29, 0.717) is 19.3 Å². The normalized spacial score (nSPS) is 27.2. The van der Waals surface area contributed by atoms with Crippen LogP contribution in [0.25, 0.3) is 0 Å². The summed E-state index contributed by atoms with van der Waals surface area (Å²) in [7, 11) is 2.02. The van der Waals surface area contributed by atoms with Gasteiger partial charge < -0.3 is 14.8 Å².